The predicted molar refractivity (Wildman–Crippen MR) is 101 cm³/mol. The normalized spacial score (nSPS) is 16.0. The summed E-state index contributed by atoms with van der Waals surface area (Å²) in [4.78, 5) is 38.1. The number of nitrogens with one attached hydrogen (secondary N) is 2. The SMILES string of the molecule is COc1ccccc1NC(=O)CNC(=O)C1CC(=O)N(c2ccc(F)cc2)C1. The van der Waals surface area contributed by atoms with E-state index in [4.69, 9.17) is 4.74 Å². The van der Waals surface area contributed by atoms with E-state index in [9.17, 15) is 18.8 Å². The molecule has 1 fully saturated rings. The van der Waals surface area contributed by atoms with Gasteiger partial charge in [-0.2, -0.15) is 0 Å². The van der Waals surface area contributed by atoms with Gasteiger partial charge in [0.05, 0.1) is 25.3 Å². The van der Waals surface area contributed by atoms with Crippen LogP contribution in [0.2, 0.25) is 0 Å². The Morgan fingerprint density at radius 1 is 1.18 bits per heavy atom. The molecule has 0 aliphatic carbocycles. The number of para-hydroxylation sites is 2. The van der Waals surface area contributed by atoms with Crippen LogP contribution in [0.3, 0.4) is 0 Å². The molecule has 3 rings (SSSR count). The maximum absolute atomic E-state index is 13.0. The summed E-state index contributed by atoms with van der Waals surface area (Å²) in [5, 5.41) is 5.22. The molecule has 0 bridgehead atoms. The van der Waals surface area contributed by atoms with Crippen LogP contribution in [0.5, 0.6) is 5.75 Å². The summed E-state index contributed by atoms with van der Waals surface area (Å²) < 4.78 is 18.2. The van der Waals surface area contributed by atoms with E-state index in [1.54, 1.807) is 24.3 Å². The number of methoxy groups -OCH3 is 1. The summed E-state index contributed by atoms with van der Waals surface area (Å²) in [7, 11) is 1.50. The number of hydrogen-bond acceptors (Lipinski definition) is 4. The fourth-order valence-electron chi connectivity index (χ4n) is 3.01. The Morgan fingerprint density at radius 2 is 1.89 bits per heavy atom. The van der Waals surface area contributed by atoms with Crippen LogP contribution in [-0.2, 0) is 14.4 Å². The van der Waals surface area contributed by atoms with Crippen molar-refractivity contribution in [1.29, 1.82) is 0 Å². The van der Waals surface area contributed by atoms with Gasteiger partial charge in [-0.3, -0.25) is 14.4 Å². The maximum Gasteiger partial charge on any atom is 0.243 e. The highest BCUT2D eigenvalue weighted by Gasteiger charge is 2.35. The van der Waals surface area contributed by atoms with Crippen LogP contribution < -0.4 is 20.3 Å². The highest BCUT2D eigenvalue weighted by molar-refractivity contribution is 6.01. The van der Waals surface area contributed by atoms with Crippen LogP contribution in [0.15, 0.2) is 48.5 Å². The summed E-state index contributed by atoms with van der Waals surface area (Å²) in [5.74, 6) is -1.46. The van der Waals surface area contributed by atoms with Crippen LogP contribution in [-0.4, -0.2) is 37.9 Å². The van der Waals surface area contributed by atoms with Gasteiger partial charge in [0.25, 0.3) is 0 Å². The molecule has 0 spiro atoms. The van der Waals surface area contributed by atoms with Gasteiger partial charge in [0.15, 0.2) is 0 Å². The molecule has 1 heterocycles. The average Bonchev–Trinajstić information content (AvgIpc) is 3.09. The second-order valence-corrected chi connectivity index (χ2v) is 6.35. The molecule has 1 aliphatic rings. The molecular weight excluding hydrogens is 365 g/mol. The molecule has 8 heteroatoms. The largest absolute Gasteiger partial charge is 0.495 e. The van der Waals surface area contributed by atoms with Gasteiger partial charge in [0.2, 0.25) is 17.7 Å². The molecule has 1 atom stereocenters. The van der Waals surface area contributed by atoms with E-state index in [0.717, 1.165) is 0 Å². The third kappa shape index (κ3) is 4.46. The number of rotatable bonds is 6. The molecule has 28 heavy (non-hydrogen) atoms. The van der Waals surface area contributed by atoms with E-state index < -0.39 is 17.6 Å². The van der Waals surface area contributed by atoms with Crippen molar-refractivity contribution >= 4 is 29.1 Å². The molecule has 1 aliphatic heterocycles. The third-order valence-electron chi connectivity index (χ3n) is 4.44. The highest BCUT2D eigenvalue weighted by atomic mass is 19.1. The smallest absolute Gasteiger partial charge is 0.243 e. The lowest BCUT2D eigenvalue weighted by Gasteiger charge is -2.16. The van der Waals surface area contributed by atoms with Crippen molar-refractivity contribution in [2.24, 2.45) is 5.92 Å². The number of carbonyl (C=O) groups is 3. The summed E-state index contributed by atoms with van der Waals surface area (Å²) in [6.07, 6.45) is 0.0390. The van der Waals surface area contributed by atoms with Gasteiger partial charge in [0.1, 0.15) is 11.6 Å². The number of ether oxygens (including phenoxy) is 1. The summed E-state index contributed by atoms with van der Waals surface area (Å²) >= 11 is 0. The number of amides is 3. The molecule has 2 aromatic carbocycles. The first kappa shape index (κ1) is 19.3. The van der Waals surface area contributed by atoms with Crippen molar-refractivity contribution in [3.63, 3.8) is 0 Å². The Kier molecular flexibility index (Phi) is 5.88. The first-order valence-electron chi connectivity index (χ1n) is 8.74. The topological polar surface area (TPSA) is 87.7 Å². The van der Waals surface area contributed by atoms with Crippen molar-refractivity contribution in [1.82, 2.24) is 5.32 Å². The van der Waals surface area contributed by atoms with Gasteiger partial charge >= 0.3 is 0 Å². The minimum absolute atomic E-state index is 0.0390. The van der Waals surface area contributed by atoms with Gasteiger partial charge in [-0.25, -0.2) is 4.39 Å². The number of hydrogen-bond donors (Lipinski definition) is 2. The monoisotopic (exact) mass is 385 g/mol. The lowest BCUT2D eigenvalue weighted by atomic mass is 10.1. The molecule has 3 amide bonds. The summed E-state index contributed by atoms with van der Waals surface area (Å²) in [6.45, 7) is -0.0391. The van der Waals surface area contributed by atoms with Gasteiger partial charge in [0, 0.05) is 18.7 Å². The Labute approximate surface area is 161 Å². The Hall–Kier alpha value is -3.42. The minimum Gasteiger partial charge on any atom is -0.495 e. The van der Waals surface area contributed by atoms with Gasteiger partial charge in [-0.15, -0.1) is 0 Å². The standard InChI is InChI=1S/C20H20FN3O4/c1-28-17-5-3-2-4-16(17)23-18(25)11-22-20(27)13-10-19(26)24(12-13)15-8-6-14(21)7-9-15/h2-9,13H,10-12H2,1H3,(H,22,27)(H,23,25). The van der Waals surface area contributed by atoms with Crippen molar-refractivity contribution in [2.45, 2.75) is 6.42 Å². The number of halogens is 1. The zero-order valence-corrected chi connectivity index (χ0v) is 15.3. The van der Waals surface area contributed by atoms with Gasteiger partial charge in [-0.1, -0.05) is 12.1 Å². The number of benzene rings is 2. The van der Waals surface area contributed by atoms with E-state index in [2.05, 4.69) is 10.6 Å². The predicted octanol–water partition coefficient (Wildman–Crippen LogP) is 1.94. The zero-order chi connectivity index (χ0) is 20.1. The van der Waals surface area contributed by atoms with E-state index in [-0.39, 0.29) is 31.3 Å². The lowest BCUT2D eigenvalue weighted by molar-refractivity contribution is -0.127. The average molecular weight is 385 g/mol. The Bertz CT molecular complexity index is 885. The fourth-order valence-corrected chi connectivity index (χ4v) is 3.01. The second kappa shape index (κ2) is 8.51. The molecule has 146 valence electrons. The third-order valence-corrected chi connectivity index (χ3v) is 4.44. The van der Waals surface area contributed by atoms with Crippen LogP contribution in [0.1, 0.15) is 6.42 Å². The van der Waals surface area contributed by atoms with E-state index >= 15 is 0 Å². The lowest BCUT2D eigenvalue weighted by Crippen LogP contribution is -2.38. The minimum atomic E-state index is -0.573. The van der Waals surface area contributed by atoms with Crippen molar-refractivity contribution in [3.05, 3.63) is 54.3 Å². The number of nitrogens with zero attached hydrogens (tertiary/aromatic N) is 1. The van der Waals surface area contributed by atoms with Crippen molar-refractivity contribution < 1.29 is 23.5 Å². The molecule has 1 saturated heterocycles. The zero-order valence-electron chi connectivity index (χ0n) is 15.3. The first-order valence-corrected chi connectivity index (χ1v) is 8.74. The van der Waals surface area contributed by atoms with Crippen LogP contribution in [0.4, 0.5) is 15.8 Å². The maximum atomic E-state index is 13.0. The molecular formula is C20H20FN3O4. The van der Waals surface area contributed by atoms with Gasteiger partial charge < -0.3 is 20.3 Å². The van der Waals surface area contributed by atoms with E-state index in [0.29, 0.717) is 17.1 Å². The molecule has 2 aromatic rings. The van der Waals surface area contributed by atoms with Gasteiger partial charge in [-0.05, 0) is 36.4 Å². The van der Waals surface area contributed by atoms with Crippen LogP contribution >= 0.6 is 0 Å². The number of anilines is 2. The molecule has 0 radical (unpaired) electrons. The van der Waals surface area contributed by atoms with Crippen molar-refractivity contribution in [2.75, 3.05) is 30.4 Å². The second-order valence-electron chi connectivity index (χ2n) is 6.35. The molecule has 7 nitrogen and oxygen atoms in total. The Balaban J connectivity index is 1.53. The molecule has 1 unspecified atom stereocenters. The van der Waals surface area contributed by atoms with Crippen LogP contribution in [0, 0.1) is 11.7 Å². The summed E-state index contributed by atoms with van der Waals surface area (Å²) in [6, 6.07) is 12.4. The molecule has 2 N–H and O–H groups in total. The quantitative estimate of drug-likeness (QED) is 0.796. The van der Waals surface area contributed by atoms with E-state index in [1.165, 1.54) is 36.3 Å². The summed E-state index contributed by atoms with van der Waals surface area (Å²) in [5.41, 5.74) is 1.04. The van der Waals surface area contributed by atoms with Crippen LogP contribution in [0.25, 0.3) is 0 Å². The van der Waals surface area contributed by atoms with E-state index in [1.807, 2.05) is 0 Å². The fraction of sp³-hybridized carbons (Fsp3) is 0.250. The van der Waals surface area contributed by atoms with Crippen molar-refractivity contribution in [3.8, 4) is 5.75 Å². The number of carbonyl (C=O) groups excluding carboxylic acids is 3. The molecule has 0 saturated carbocycles. The molecule has 0 aromatic heterocycles. The Morgan fingerprint density at radius 3 is 2.61 bits per heavy atom. The highest BCUT2D eigenvalue weighted by Crippen LogP contribution is 2.25. The first-order chi connectivity index (χ1) is 13.5.